The number of halogens is 3. The number of nitrogens with one attached hydrogen (secondary N) is 1. The normalized spacial score (nSPS) is 12.1. The third-order valence-electron chi connectivity index (χ3n) is 2.88. The van der Waals surface area contributed by atoms with Crippen LogP contribution in [0.4, 0.5) is 13.2 Å². The van der Waals surface area contributed by atoms with Gasteiger partial charge in [0, 0.05) is 0 Å². The fourth-order valence-electron chi connectivity index (χ4n) is 1.87. The van der Waals surface area contributed by atoms with Crippen molar-refractivity contribution in [2.24, 2.45) is 5.92 Å². The molecule has 1 N–H and O–H groups in total. The number of alkyl halides is 3. The van der Waals surface area contributed by atoms with Crippen LogP contribution in [-0.4, -0.2) is 13.1 Å². The van der Waals surface area contributed by atoms with Gasteiger partial charge in [0.05, 0.1) is 5.56 Å². The maximum absolute atomic E-state index is 12.5. The van der Waals surface area contributed by atoms with Crippen molar-refractivity contribution >= 4 is 0 Å². The minimum absolute atomic E-state index is 0.553. The Kier molecular flexibility index (Phi) is 6.35. The lowest BCUT2D eigenvalue weighted by molar-refractivity contribution is -0.137. The minimum Gasteiger partial charge on any atom is -0.316 e. The van der Waals surface area contributed by atoms with E-state index in [4.69, 9.17) is 0 Å². The molecule has 1 rings (SSSR count). The Labute approximate surface area is 113 Å². The Hall–Kier alpha value is -1.03. The van der Waals surface area contributed by atoms with Crippen LogP contribution >= 0.6 is 0 Å². The molecule has 0 spiro atoms. The lowest BCUT2D eigenvalue weighted by atomic mass is 10.0. The van der Waals surface area contributed by atoms with Crippen LogP contribution in [0.15, 0.2) is 24.3 Å². The SMILES string of the molecule is CC(C)CNCCCCc1cccc(C(F)(F)F)c1. The summed E-state index contributed by atoms with van der Waals surface area (Å²) >= 11 is 0. The second-order valence-electron chi connectivity index (χ2n) is 5.25. The van der Waals surface area contributed by atoms with Crippen molar-refractivity contribution in [2.75, 3.05) is 13.1 Å². The van der Waals surface area contributed by atoms with Gasteiger partial charge in [-0.25, -0.2) is 0 Å². The summed E-state index contributed by atoms with van der Waals surface area (Å²) in [6.07, 6.45) is -1.64. The molecule has 108 valence electrons. The second kappa shape index (κ2) is 7.53. The second-order valence-corrected chi connectivity index (χ2v) is 5.25. The summed E-state index contributed by atoms with van der Waals surface area (Å²) in [6, 6.07) is 5.61. The first-order valence-corrected chi connectivity index (χ1v) is 6.76. The van der Waals surface area contributed by atoms with Gasteiger partial charge in [-0.15, -0.1) is 0 Å². The summed E-state index contributed by atoms with van der Waals surface area (Å²) in [5, 5.41) is 3.33. The molecule has 19 heavy (non-hydrogen) atoms. The number of aryl methyl sites for hydroxylation is 1. The van der Waals surface area contributed by atoms with Gasteiger partial charge in [0.15, 0.2) is 0 Å². The topological polar surface area (TPSA) is 12.0 Å². The first-order valence-electron chi connectivity index (χ1n) is 6.76. The monoisotopic (exact) mass is 273 g/mol. The molecular weight excluding hydrogens is 251 g/mol. The fraction of sp³-hybridized carbons (Fsp3) is 0.600. The Morgan fingerprint density at radius 3 is 2.53 bits per heavy atom. The van der Waals surface area contributed by atoms with Crippen molar-refractivity contribution < 1.29 is 13.2 Å². The largest absolute Gasteiger partial charge is 0.416 e. The zero-order chi connectivity index (χ0) is 14.3. The molecule has 0 saturated carbocycles. The van der Waals surface area contributed by atoms with Crippen molar-refractivity contribution in [2.45, 2.75) is 39.3 Å². The molecule has 4 heteroatoms. The molecule has 1 nitrogen and oxygen atoms in total. The molecule has 0 amide bonds. The van der Waals surface area contributed by atoms with Crippen LogP contribution in [0.1, 0.15) is 37.8 Å². The summed E-state index contributed by atoms with van der Waals surface area (Å²) in [5.41, 5.74) is 0.210. The zero-order valence-corrected chi connectivity index (χ0v) is 11.6. The molecule has 0 aromatic heterocycles. The highest BCUT2D eigenvalue weighted by atomic mass is 19.4. The predicted molar refractivity (Wildman–Crippen MR) is 72.1 cm³/mol. The molecule has 0 atom stereocenters. The summed E-state index contributed by atoms with van der Waals surface area (Å²) < 4.78 is 37.6. The summed E-state index contributed by atoms with van der Waals surface area (Å²) in [6.45, 7) is 6.21. The highest BCUT2D eigenvalue weighted by Crippen LogP contribution is 2.29. The molecule has 0 radical (unpaired) electrons. The van der Waals surface area contributed by atoms with Gasteiger partial charge in [-0.2, -0.15) is 13.2 Å². The van der Waals surface area contributed by atoms with E-state index in [9.17, 15) is 13.2 Å². The molecule has 1 aromatic rings. The highest BCUT2D eigenvalue weighted by molar-refractivity contribution is 5.25. The zero-order valence-electron chi connectivity index (χ0n) is 11.6. The molecule has 0 bridgehead atoms. The van der Waals surface area contributed by atoms with Crippen LogP contribution < -0.4 is 5.32 Å². The molecule has 0 aliphatic rings. The summed E-state index contributed by atoms with van der Waals surface area (Å²) in [7, 11) is 0. The lowest BCUT2D eigenvalue weighted by Gasteiger charge is -2.09. The van der Waals surface area contributed by atoms with Gasteiger partial charge in [-0.3, -0.25) is 0 Å². The first kappa shape index (κ1) is 16.0. The number of rotatable bonds is 7. The van der Waals surface area contributed by atoms with Crippen molar-refractivity contribution in [1.82, 2.24) is 5.32 Å². The molecule has 1 aromatic carbocycles. The van der Waals surface area contributed by atoms with Gasteiger partial charge in [0.25, 0.3) is 0 Å². The number of benzene rings is 1. The third kappa shape index (κ3) is 6.62. The van der Waals surface area contributed by atoms with Gasteiger partial charge in [0.1, 0.15) is 0 Å². The van der Waals surface area contributed by atoms with E-state index < -0.39 is 11.7 Å². The Bertz CT molecular complexity index is 372. The van der Waals surface area contributed by atoms with Crippen LogP contribution in [0.25, 0.3) is 0 Å². The molecule has 0 saturated heterocycles. The first-order chi connectivity index (χ1) is 8.89. The molecule has 0 aliphatic heterocycles. The van der Waals surface area contributed by atoms with E-state index in [0.29, 0.717) is 12.3 Å². The van der Waals surface area contributed by atoms with E-state index in [1.807, 2.05) is 0 Å². The lowest BCUT2D eigenvalue weighted by Crippen LogP contribution is -2.20. The van der Waals surface area contributed by atoms with Gasteiger partial charge in [-0.05, 0) is 49.9 Å². The smallest absolute Gasteiger partial charge is 0.316 e. The van der Waals surface area contributed by atoms with Crippen molar-refractivity contribution in [3.8, 4) is 0 Å². The fourth-order valence-corrected chi connectivity index (χ4v) is 1.87. The summed E-state index contributed by atoms with van der Waals surface area (Å²) in [5.74, 6) is 0.628. The Balaban J connectivity index is 2.30. The van der Waals surface area contributed by atoms with E-state index in [-0.39, 0.29) is 0 Å². The van der Waals surface area contributed by atoms with E-state index in [1.165, 1.54) is 12.1 Å². The van der Waals surface area contributed by atoms with Crippen molar-refractivity contribution in [3.63, 3.8) is 0 Å². The van der Waals surface area contributed by atoms with Crippen LogP contribution in [0.3, 0.4) is 0 Å². The average molecular weight is 273 g/mol. The van der Waals surface area contributed by atoms with Gasteiger partial charge in [-0.1, -0.05) is 32.0 Å². The van der Waals surface area contributed by atoms with E-state index in [0.717, 1.165) is 37.6 Å². The van der Waals surface area contributed by atoms with Gasteiger partial charge < -0.3 is 5.32 Å². The Morgan fingerprint density at radius 1 is 1.16 bits per heavy atom. The van der Waals surface area contributed by atoms with Gasteiger partial charge >= 0.3 is 6.18 Å². The van der Waals surface area contributed by atoms with E-state index in [1.54, 1.807) is 6.07 Å². The quantitative estimate of drug-likeness (QED) is 0.731. The molecular formula is C15H22F3N. The van der Waals surface area contributed by atoms with Crippen molar-refractivity contribution in [1.29, 1.82) is 0 Å². The Morgan fingerprint density at radius 2 is 1.89 bits per heavy atom. The standard InChI is InChI=1S/C15H22F3N/c1-12(2)11-19-9-4-3-6-13-7-5-8-14(10-13)15(16,17)18/h5,7-8,10,12,19H,3-4,6,9,11H2,1-2H3. The third-order valence-corrected chi connectivity index (χ3v) is 2.88. The van der Waals surface area contributed by atoms with Gasteiger partial charge in [0.2, 0.25) is 0 Å². The van der Waals surface area contributed by atoms with E-state index in [2.05, 4.69) is 19.2 Å². The molecule has 0 heterocycles. The number of hydrogen-bond acceptors (Lipinski definition) is 1. The van der Waals surface area contributed by atoms with Crippen LogP contribution in [0.5, 0.6) is 0 Å². The molecule has 0 aliphatic carbocycles. The number of hydrogen-bond donors (Lipinski definition) is 1. The minimum atomic E-state index is -4.24. The van der Waals surface area contributed by atoms with Crippen LogP contribution in [0.2, 0.25) is 0 Å². The van der Waals surface area contributed by atoms with Crippen molar-refractivity contribution in [3.05, 3.63) is 35.4 Å². The van der Waals surface area contributed by atoms with Crippen LogP contribution in [0, 0.1) is 5.92 Å². The van der Waals surface area contributed by atoms with E-state index >= 15 is 0 Å². The highest BCUT2D eigenvalue weighted by Gasteiger charge is 2.30. The predicted octanol–water partition coefficient (Wildman–Crippen LogP) is 4.27. The molecule has 0 unspecified atom stereocenters. The maximum Gasteiger partial charge on any atom is 0.416 e. The maximum atomic E-state index is 12.5. The van der Waals surface area contributed by atoms with Crippen LogP contribution in [-0.2, 0) is 12.6 Å². The molecule has 0 fully saturated rings. The average Bonchev–Trinajstić information content (AvgIpc) is 2.32. The summed E-state index contributed by atoms with van der Waals surface area (Å²) in [4.78, 5) is 0. The number of unbranched alkanes of at least 4 members (excludes halogenated alkanes) is 1.